The quantitative estimate of drug-likeness (QED) is 0.0292. The van der Waals surface area contributed by atoms with Crippen molar-refractivity contribution in [2.45, 2.75) is 167 Å². The van der Waals surface area contributed by atoms with Crippen LogP contribution in [0.4, 0.5) is 0 Å². The number of allylic oxidation sites excluding steroid dienone is 7. The van der Waals surface area contributed by atoms with Crippen molar-refractivity contribution < 1.29 is 32.9 Å². The van der Waals surface area contributed by atoms with Crippen LogP contribution in [0.15, 0.2) is 48.6 Å². The Labute approximate surface area is 308 Å². The molecule has 0 saturated carbocycles. The van der Waals surface area contributed by atoms with Crippen molar-refractivity contribution in [3.63, 3.8) is 0 Å². The molecule has 0 spiro atoms. The first kappa shape index (κ1) is 48.5. The third-order valence-corrected chi connectivity index (χ3v) is 9.51. The summed E-state index contributed by atoms with van der Waals surface area (Å²) >= 11 is 0. The number of carbonyl (C=O) groups is 1. The molecule has 3 unspecified atom stereocenters. The van der Waals surface area contributed by atoms with E-state index in [2.05, 4.69) is 55.6 Å². The lowest BCUT2D eigenvalue weighted by Gasteiger charge is -2.29. The van der Waals surface area contributed by atoms with Crippen LogP contribution in [0.3, 0.4) is 0 Å². The number of unbranched alkanes of at least 4 members (excludes halogenated alkanes) is 16. The number of phosphoric acid groups is 1. The highest BCUT2D eigenvalue weighted by molar-refractivity contribution is 7.45. The van der Waals surface area contributed by atoms with Gasteiger partial charge in [0.15, 0.2) is 0 Å². The minimum atomic E-state index is -4.58. The number of nitrogens with one attached hydrogen (secondary N) is 1. The van der Waals surface area contributed by atoms with E-state index >= 15 is 0 Å². The first-order valence-electron chi connectivity index (χ1n) is 20.0. The predicted molar refractivity (Wildman–Crippen MR) is 210 cm³/mol. The molecule has 0 aromatic rings. The van der Waals surface area contributed by atoms with E-state index in [0.717, 1.165) is 70.6 Å². The summed E-state index contributed by atoms with van der Waals surface area (Å²) in [5.74, 6) is -0.212. The normalized spacial score (nSPS) is 15.1. The number of carbonyl (C=O) groups excluding carboxylic acids is 1. The molecule has 0 aliphatic heterocycles. The molecular formula is C41H77N2O6P. The molecule has 0 aromatic heterocycles. The first-order chi connectivity index (χ1) is 24.0. The molecule has 0 saturated heterocycles. The molecule has 0 rings (SSSR count). The van der Waals surface area contributed by atoms with Gasteiger partial charge in [0, 0.05) is 6.42 Å². The molecule has 0 bridgehead atoms. The number of rotatable bonds is 35. The largest absolute Gasteiger partial charge is 0.756 e. The van der Waals surface area contributed by atoms with E-state index in [1.54, 1.807) is 6.08 Å². The highest BCUT2D eigenvalue weighted by atomic mass is 31.2. The van der Waals surface area contributed by atoms with E-state index in [0.29, 0.717) is 17.4 Å². The number of aliphatic hydroxyl groups is 1. The zero-order valence-electron chi connectivity index (χ0n) is 32.8. The molecule has 292 valence electrons. The third kappa shape index (κ3) is 34.9. The van der Waals surface area contributed by atoms with Crippen molar-refractivity contribution in [1.82, 2.24) is 5.32 Å². The van der Waals surface area contributed by atoms with Gasteiger partial charge >= 0.3 is 0 Å². The standard InChI is InChI=1S/C41H77N2O6P/c1-6-8-10-12-14-16-18-19-20-21-22-23-25-27-29-31-33-35-41(45)42-39(38-49-50(46,47)48-37-36-43(3,4)5)40(44)34-32-30-28-26-24-17-15-13-11-9-7-2/h8,10,14,16,19-20,32,34,39-40,44H,6-7,9,11-13,15,17-18,21-31,33,35-38H2,1-5H3,(H-,42,45,46,47)/b10-8-,16-14-,20-19-,34-32+. The van der Waals surface area contributed by atoms with Crippen molar-refractivity contribution in [2.24, 2.45) is 0 Å². The lowest BCUT2D eigenvalue weighted by molar-refractivity contribution is -0.870. The molecule has 3 atom stereocenters. The molecule has 0 radical (unpaired) electrons. The number of quaternary nitrogens is 1. The van der Waals surface area contributed by atoms with Gasteiger partial charge in [0.05, 0.1) is 39.9 Å². The fraction of sp³-hybridized carbons (Fsp3) is 0.780. The van der Waals surface area contributed by atoms with Gasteiger partial charge in [-0.1, -0.05) is 146 Å². The van der Waals surface area contributed by atoms with Gasteiger partial charge in [0.2, 0.25) is 5.91 Å². The molecule has 2 N–H and O–H groups in total. The van der Waals surface area contributed by atoms with Crippen molar-refractivity contribution in [3.05, 3.63) is 48.6 Å². The molecule has 1 amide bonds. The van der Waals surface area contributed by atoms with Crippen LogP contribution in [0.25, 0.3) is 0 Å². The van der Waals surface area contributed by atoms with Gasteiger partial charge in [0.1, 0.15) is 13.2 Å². The lowest BCUT2D eigenvalue weighted by atomic mass is 10.1. The molecule has 0 heterocycles. The maximum atomic E-state index is 12.8. The average Bonchev–Trinajstić information content (AvgIpc) is 3.06. The number of amides is 1. The van der Waals surface area contributed by atoms with Gasteiger partial charge in [-0.05, 0) is 51.4 Å². The maximum absolute atomic E-state index is 12.8. The van der Waals surface area contributed by atoms with Crippen molar-refractivity contribution >= 4 is 13.7 Å². The molecule has 50 heavy (non-hydrogen) atoms. The summed E-state index contributed by atoms with van der Waals surface area (Å²) in [6.07, 6.45) is 40.0. The summed E-state index contributed by atoms with van der Waals surface area (Å²) in [7, 11) is 1.24. The number of likely N-dealkylation sites (N-methyl/N-ethyl adjacent to an activating group) is 1. The summed E-state index contributed by atoms with van der Waals surface area (Å²) in [5.41, 5.74) is 0. The van der Waals surface area contributed by atoms with Gasteiger partial charge < -0.3 is 28.8 Å². The smallest absolute Gasteiger partial charge is 0.268 e. The van der Waals surface area contributed by atoms with Gasteiger partial charge in [-0.3, -0.25) is 9.36 Å². The van der Waals surface area contributed by atoms with E-state index in [1.807, 2.05) is 27.2 Å². The molecule has 0 fully saturated rings. The Morgan fingerprint density at radius 2 is 1.22 bits per heavy atom. The number of phosphoric ester groups is 1. The summed E-state index contributed by atoms with van der Waals surface area (Å²) in [6, 6.07) is -0.890. The van der Waals surface area contributed by atoms with Gasteiger partial charge in [-0.15, -0.1) is 0 Å². The average molecular weight is 725 g/mol. The van der Waals surface area contributed by atoms with E-state index in [1.165, 1.54) is 64.2 Å². The SMILES string of the molecule is CC/C=C\C/C=C\C/C=C\CCCCCCCCCC(=O)NC(COP(=O)([O-])OCC[N+](C)(C)C)C(O)/C=C/CCCCCCCCCCC. The second kappa shape index (κ2) is 33.3. The second-order valence-corrected chi connectivity index (χ2v) is 16.0. The van der Waals surface area contributed by atoms with E-state index in [9.17, 15) is 19.4 Å². The van der Waals surface area contributed by atoms with Crippen LogP contribution in [-0.2, 0) is 18.4 Å². The predicted octanol–water partition coefficient (Wildman–Crippen LogP) is 9.89. The Morgan fingerprint density at radius 3 is 1.78 bits per heavy atom. The summed E-state index contributed by atoms with van der Waals surface area (Å²) in [6.45, 7) is 4.49. The van der Waals surface area contributed by atoms with E-state index in [4.69, 9.17) is 9.05 Å². The molecular weight excluding hydrogens is 647 g/mol. The van der Waals surface area contributed by atoms with Gasteiger partial charge in [-0.25, -0.2) is 0 Å². The summed E-state index contributed by atoms with van der Waals surface area (Å²) < 4.78 is 23.1. The number of hydrogen-bond acceptors (Lipinski definition) is 6. The molecule has 0 aliphatic rings. The van der Waals surface area contributed by atoms with Gasteiger partial charge in [-0.2, -0.15) is 0 Å². The van der Waals surface area contributed by atoms with Crippen LogP contribution in [-0.4, -0.2) is 68.5 Å². The van der Waals surface area contributed by atoms with E-state index < -0.39 is 20.0 Å². The van der Waals surface area contributed by atoms with Crippen LogP contribution in [0.5, 0.6) is 0 Å². The van der Waals surface area contributed by atoms with Crippen LogP contribution in [0.1, 0.15) is 155 Å². The van der Waals surface area contributed by atoms with Crippen LogP contribution in [0, 0.1) is 0 Å². The van der Waals surface area contributed by atoms with Crippen molar-refractivity contribution in [3.8, 4) is 0 Å². The zero-order valence-corrected chi connectivity index (χ0v) is 33.7. The maximum Gasteiger partial charge on any atom is 0.268 e. The number of nitrogens with zero attached hydrogens (tertiary/aromatic N) is 1. The van der Waals surface area contributed by atoms with Crippen LogP contribution >= 0.6 is 7.82 Å². The monoisotopic (exact) mass is 725 g/mol. The molecule has 0 aliphatic carbocycles. The van der Waals surface area contributed by atoms with Crippen molar-refractivity contribution in [1.29, 1.82) is 0 Å². The first-order valence-corrected chi connectivity index (χ1v) is 21.5. The zero-order chi connectivity index (χ0) is 37.2. The van der Waals surface area contributed by atoms with Crippen LogP contribution in [0.2, 0.25) is 0 Å². The Kier molecular flexibility index (Phi) is 32.3. The molecule has 9 heteroatoms. The Hall–Kier alpha value is -1.54. The van der Waals surface area contributed by atoms with E-state index in [-0.39, 0.29) is 19.1 Å². The fourth-order valence-electron chi connectivity index (χ4n) is 5.34. The van der Waals surface area contributed by atoms with Crippen LogP contribution < -0.4 is 10.2 Å². The Bertz CT molecular complexity index is 959. The summed E-state index contributed by atoms with van der Waals surface area (Å²) in [5, 5.41) is 13.7. The fourth-order valence-corrected chi connectivity index (χ4v) is 6.06. The highest BCUT2D eigenvalue weighted by Gasteiger charge is 2.23. The minimum Gasteiger partial charge on any atom is -0.756 e. The number of aliphatic hydroxyl groups excluding tert-OH is 1. The molecule has 8 nitrogen and oxygen atoms in total. The van der Waals surface area contributed by atoms with Crippen molar-refractivity contribution in [2.75, 3.05) is 40.9 Å². The lowest BCUT2D eigenvalue weighted by Crippen LogP contribution is -2.45. The Morgan fingerprint density at radius 1 is 0.720 bits per heavy atom. The topological polar surface area (TPSA) is 108 Å². The third-order valence-electron chi connectivity index (χ3n) is 8.54. The summed E-state index contributed by atoms with van der Waals surface area (Å²) in [4.78, 5) is 25.2. The second-order valence-electron chi connectivity index (χ2n) is 14.6. The molecule has 0 aromatic carbocycles. The number of hydrogen-bond donors (Lipinski definition) is 2. The van der Waals surface area contributed by atoms with Gasteiger partial charge in [0.25, 0.3) is 7.82 Å². The highest BCUT2D eigenvalue weighted by Crippen LogP contribution is 2.38. The minimum absolute atomic E-state index is 0.00497. The Balaban J connectivity index is 4.48.